The molecule has 0 aliphatic carbocycles. The van der Waals surface area contributed by atoms with Crippen LogP contribution in [-0.2, 0) is 6.54 Å². The van der Waals surface area contributed by atoms with Crippen molar-refractivity contribution < 1.29 is 0 Å². The highest BCUT2D eigenvalue weighted by Crippen LogP contribution is 2.31. The molecule has 0 aliphatic heterocycles. The summed E-state index contributed by atoms with van der Waals surface area (Å²) >= 11 is 4.70. The lowest BCUT2D eigenvalue weighted by Crippen LogP contribution is -1.96. The van der Waals surface area contributed by atoms with Crippen LogP contribution in [0, 0.1) is 0 Å². The number of nitrogens with zero attached hydrogens (tertiary/aromatic N) is 3. The third kappa shape index (κ3) is 2.94. The second-order valence-corrected chi connectivity index (χ2v) is 6.15. The van der Waals surface area contributed by atoms with Crippen LogP contribution in [0.25, 0.3) is 0 Å². The van der Waals surface area contributed by atoms with Crippen LogP contribution in [0.5, 0.6) is 0 Å². The molecule has 2 rings (SSSR count). The first-order valence-corrected chi connectivity index (χ1v) is 7.38. The topological polar surface area (TPSA) is 64.7 Å². The Morgan fingerprint density at radius 2 is 2.12 bits per heavy atom. The van der Waals surface area contributed by atoms with Crippen LogP contribution in [-0.4, -0.2) is 21.4 Å². The Morgan fingerprint density at radius 3 is 2.69 bits per heavy atom. The molecule has 0 amide bonds. The normalized spacial score (nSPS) is 10.6. The van der Waals surface area contributed by atoms with Crippen molar-refractivity contribution in [1.82, 2.24) is 15.2 Å². The van der Waals surface area contributed by atoms with Crippen molar-refractivity contribution in [3.63, 3.8) is 0 Å². The zero-order valence-electron chi connectivity index (χ0n) is 8.58. The summed E-state index contributed by atoms with van der Waals surface area (Å²) in [5, 5.41) is 9.02. The molecule has 2 aromatic heterocycles. The maximum Gasteiger partial charge on any atom is 0.181 e. The molecule has 0 spiro atoms. The zero-order valence-corrected chi connectivity index (χ0v) is 11.0. The summed E-state index contributed by atoms with van der Waals surface area (Å²) in [5.74, 6) is 0. The summed E-state index contributed by atoms with van der Waals surface area (Å²) in [5.41, 5.74) is 6.54. The van der Waals surface area contributed by atoms with E-state index in [1.807, 2.05) is 18.4 Å². The third-order valence-corrected chi connectivity index (χ3v) is 4.69. The number of thioether (sulfide) groups is 1. The van der Waals surface area contributed by atoms with Gasteiger partial charge in [-0.05, 0) is 29.6 Å². The molecule has 0 saturated heterocycles. The van der Waals surface area contributed by atoms with Gasteiger partial charge in [0.05, 0.1) is 0 Å². The highest BCUT2D eigenvalue weighted by molar-refractivity contribution is 8.02. The molecule has 0 saturated carbocycles. The number of nitrogens with two attached hydrogens (primary N) is 1. The van der Waals surface area contributed by atoms with E-state index in [0.29, 0.717) is 6.54 Å². The molecule has 0 fully saturated rings. The van der Waals surface area contributed by atoms with Gasteiger partial charge in [-0.3, -0.25) is 0 Å². The van der Waals surface area contributed by atoms with Gasteiger partial charge in [0.15, 0.2) is 8.68 Å². The van der Waals surface area contributed by atoms with E-state index in [2.05, 4.69) is 15.2 Å². The highest BCUT2D eigenvalue weighted by Gasteiger charge is 2.05. The molecule has 0 aromatic carbocycles. The SMILES string of the molecule is CSc1nnc(Sc2ccc(CN)cn2)s1. The number of aromatic nitrogens is 3. The van der Waals surface area contributed by atoms with Gasteiger partial charge in [0.25, 0.3) is 0 Å². The Hall–Kier alpha value is -0.630. The summed E-state index contributed by atoms with van der Waals surface area (Å²) < 4.78 is 1.89. The van der Waals surface area contributed by atoms with Crippen molar-refractivity contribution in [2.75, 3.05) is 6.26 Å². The minimum absolute atomic E-state index is 0.521. The minimum Gasteiger partial charge on any atom is -0.326 e. The molecule has 84 valence electrons. The molecule has 2 N–H and O–H groups in total. The van der Waals surface area contributed by atoms with Crippen LogP contribution >= 0.6 is 34.9 Å². The molecule has 2 heterocycles. The van der Waals surface area contributed by atoms with Gasteiger partial charge in [0, 0.05) is 12.7 Å². The van der Waals surface area contributed by atoms with Crippen LogP contribution < -0.4 is 5.73 Å². The molecule has 7 heteroatoms. The number of pyridine rings is 1. The van der Waals surface area contributed by atoms with Crippen LogP contribution in [0.15, 0.2) is 32.0 Å². The summed E-state index contributed by atoms with van der Waals surface area (Å²) in [6.45, 7) is 0.521. The summed E-state index contributed by atoms with van der Waals surface area (Å²) in [6, 6.07) is 3.93. The van der Waals surface area contributed by atoms with Crippen LogP contribution in [0.1, 0.15) is 5.56 Å². The molecular weight excluding hydrogens is 260 g/mol. The van der Waals surface area contributed by atoms with E-state index in [1.165, 1.54) is 11.8 Å². The molecule has 0 unspecified atom stereocenters. The Labute approximate surface area is 106 Å². The Morgan fingerprint density at radius 1 is 1.31 bits per heavy atom. The first-order valence-electron chi connectivity index (χ1n) is 4.52. The lowest BCUT2D eigenvalue weighted by molar-refractivity contribution is 0.952. The van der Waals surface area contributed by atoms with Gasteiger partial charge in [0.2, 0.25) is 0 Å². The van der Waals surface area contributed by atoms with Gasteiger partial charge in [0.1, 0.15) is 5.03 Å². The maximum atomic E-state index is 5.50. The summed E-state index contributed by atoms with van der Waals surface area (Å²) in [7, 11) is 0. The lowest BCUT2D eigenvalue weighted by Gasteiger charge is -1.97. The smallest absolute Gasteiger partial charge is 0.181 e. The molecule has 0 atom stereocenters. The largest absolute Gasteiger partial charge is 0.326 e. The van der Waals surface area contributed by atoms with Crippen molar-refractivity contribution in [3.05, 3.63) is 23.9 Å². The molecule has 0 radical (unpaired) electrons. The average Bonchev–Trinajstić information content (AvgIpc) is 2.78. The molecule has 0 aliphatic rings. The standard InChI is InChI=1S/C9H10N4S3/c1-14-8-12-13-9(16-8)15-7-3-2-6(4-10)5-11-7/h2-3,5H,4,10H2,1H3. The van der Waals surface area contributed by atoms with E-state index in [9.17, 15) is 0 Å². The fraction of sp³-hybridized carbons (Fsp3) is 0.222. The first kappa shape index (κ1) is 11.8. The van der Waals surface area contributed by atoms with Crippen LogP contribution in [0.3, 0.4) is 0 Å². The van der Waals surface area contributed by atoms with Gasteiger partial charge >= 0.3 is 0 Å². The Balaban J connectivity index is 2.08. The molecule has 2 aromatic rings. The van der Waals surface area contributed by atoms with E-state index in [0.717, 1.165) is 19.3 Å². The van der Waals surface area contributed by atoms with Crippen molar-refractivity contribution in [1.29, 1.82) is 0 Å². The van der Waals surface area contributed by atoms with Gasteiger partial charge in [-0.25, -0.2) is 4.98 Å². The monoisotopic (exact) mass is 270 g/mol. The second-order valence-electron chi connectivity index (χ2n) is 2.85. The van der Waals surface area contributed by atoms with E-state index >= 15 is 0 Å². The average molecular weight is 270 g/mol. The van der Waals surface area contributed by atoms with Gasteiger partial charge in [-0.1, -0.05) is 29.2 Å². The molecule has 4 nitrogen and oxygen atoms in total. The minimum atomic E-state index is 0.521. The number of rotatable bonds is 4. The Kier molecular flexibility index (Phi) is 4.16. The lowest BCUT2D eigenvalue weighted by atomic mass is 10.3. The van der Waals surface area contributed by atoms with Crippen LogP contribution in [0.4, 0.5) is 0 Å². The van der Waals surface area contributed by atoms with Crippen molar-refractivity contribution >= 4 is 34.9 Å². The van der Waals surface area contributed by atoms with E-state index in [-0.39, 0.29) is 0 Å². The molecule has 0 bridgehead atoms. The second kappa shape index (κ2) is 5.62. The first-order chi connectivity index (χ1) is 7.81. The maximum absolute atomic E-state index is 5.50. The van der Waals surface area contributed by atoms with Gasteiger partial charge in [-0.2, -0.15) is 0 Å². The number of hydrogen-bond acceptors (Lipinski definition) is 7. The van der Waals surface area contributed by atoms with Crippen molar-refractivity contribution in [3.8, 4) is 0 Å². The van der Waals surface area contributed by atoms with Crippen molar-refractivity contribution in [2.24, 2.45) is 5.73 Å². The third-order valence-electron chi connectivity index (χ3n) is 1.79. The quantitative estimate of drug-likeness (QED) is 0.860. The van der Waals surface area contributed by atoms with Gasteiger partial charge < -0.3 is 5.73 Å². The van der Waals surface area contributed by atoms with E-state index < -0.39 is 0 Å². The Bertz CT molecular complexity index is 454. The fourth-order valence-corrected chi connectivity index (χ4v) is 3.33. The fourth-order valence-electron chi connectivity index (χ4n) is 1.00. The predicted molar refractivity (Wildman–Crippen MR) is 67.9 cm³/mol. The molecule has 16 heavy (non-hydrogen) atoms. The van der Waals surface area contributed by atoms with Crippen LogP contribution in [0.2, 0.25) is 0 Å². The summed E-state index contributed by atoms with van der Waals surface area (Å²) in [4.78, 5) is 4.29. The van der Waals surface area contributed by atoms with Crippen molar-refractivity contribution in [2.45, 2.75) is 20.3 Å². The highest BCUT2D eigenvalue weighted by atomic mass is 32.2. The zero-order chi connectivity index (χ0) is 11.4. The van der Waals surface area contributed by atoms with E-state index in [4.69, 9.17) is 5.73 Å². The predicted octanol–water partition coefficient (Wildman–Crippen LogP) is 2.26. The van der Waals surface area contributed by atoms with Gasteiger partial charge in [-0.15, -0.1) is 10.2 Å². The molecular formula is C9H10N4S3. The summed E-state index contributed by atoms with van der Waals surface area (Å²) in [6.07, 6.45) is 3.78. The van der Waals surface area contributed by atoms with E-state index in [1.54, 1.807) is 29.3 Å². The number of hydrogen-bond donors (Lipinski definition) is 1.